The van der Waals surface area contributed by atoms with E-state index in [4.69, 9.17) is 11.5 Å². The molecule has 0 aromatic carbocycles. The fourth-order valence-electron chi connectivity index (χ4n) is 0.870. The fraction of sp³-hybridized carbons (Fsp3) is 0.167. The standard InChI is InChI=1S/C6H6F2N4O2/c7-5(8)4-2(9)1-3(10)6(11-4)12(13)14/h1,5H,9-10H2. The van der Waals surface area contributed by atoms with Crippen LogP contribution in [-0.4, -0.2) is 9.91 Å². The predicted octanol–water partition coefficient (Wildman–Crippen LogP) is 1.09. The molecule has 4 N–H and O–H groups in total. The summed E-state index contributed by atoms with van der Waals surface area (Å²) >= 11 is 0. The summed E-state index contributed by atoms with van der Waals surface area (Å²) in [6.07, 6.45) is -2.96. The number of alkyl halides is 2. The summed E-state index contributed by atoms with van der Waals surface area (Å²) in [5, 5.41) is 10.3. The maximum absolute atomic E-state index is 12.2. The highest BCUT2D eigenvalue weighted by atomic mass is 19.3. The zero-order chi connectivity index (χ0) is 10.9. The average Bonchev–Trinajstić information content (AvgIpc) is 2.02. The van der Waals surface area contributed by atoms with Gasteiger partial charge in [-0.15, -0.1) is 0 Å². The largest absolute Gasteiger partial charge is 0.395 e. The lowest BCUT2D eigenvalue weighted by Crippen LogP contribution is -2.05. The van der Waals surface area contributed by atoms with Crippen molar-refractivity contribution >= 4 is 17.2 Å². The molecule has 0 aliphatic heterocycles. The minimum Gasteiger partial charge on any atom is -0.395 e. The lowest BCUT2D eigenvalue weighted by molar-refractivity contribution is -0.388. The summed E-state index contributed by atoms with van der Waals surface area (Å²) in [5.41, 5.74) is 8.79. The first-order valence-corrected chi connectivity index (χ1v) is 3.42. The second-order valence-electron chi connectivity index (χ2n) is 2.43. The van der Waals surface area contributed by atoms with Crippen LogP contribution in [-0.2, 0) is 0 Å². The van der Waals surface area contributed by atoms with Crippen LogP contribution in [0.2, 0.25) is 0 Å². The van der Waals surface area contributed by atoms with E-state index >= 15 is 0 Å². The van der Waals surface area contributed by atoms with Gasteiger partial charge in [0, 0.05) is 0 Å². The Bertz CT molecular complexity index is 382. The van der Waals surface area contributed by atoms with E-state index in [1.807, 2.05) is 0 Å². The van der Waals surface area contributed by atoms with E-state index in [1.54, 1.807) is 0 Å². The van der Waals surface area contributed by atoms with E-state index in [-0.39, 0.29) is 11.4 Å². The Hall–Kier alpha value is -1.99. The molecule has 1 aromatic heterocycles. The second-order valence-corrected chi connectivity index (χ2v) is 2.43. The van der Waals surface area contributed by atoms with Crippen LogP contribution >= 0.6 is 0 Å². The molecule has 0 unspecified atom stereocenters. The normalized spacial score (nSPS) is 10.5. The van der Waals surface area contributed by atoms with Crippen molar-refractivity contribution in [1.82, 2.24) is 4.98 Å². The molecule has 0 saturated heterocycles. The summed E-state index contributed by atoms with van der Waals surface area (Å²) in [4.78, 5) is 12.4. The van der Waals surface area contributed by atoms with Gasteiger partial charge in [-0.3, -0.25) is 0 Å². The Morgan fingerprint density at radius 3 is 2.43 bits per heavy atom. The van der Waals surface area contributed by atoms with Gasteiger partial charge in [-0.25, -0.2) is 8.78 Å². The van der Waals surface area contributed by atoms with Crippen molar-refractivity contribution in [3.05, 3.63) is 21.9 Å². The van der Waals surface area contributed by atoms with Crippen molar-refractivity contribution in [1.29, 1.82) is 0 Å². The van der Waals surface area contributed by atoms with Gasteiger partial charge in [0.05, 0.1) is 5.69 Å². The quantitative estimate of drug-likeness (QED) is 0.553. The van der Waals surface area contributed by atoms with Gasteiger partial charge in [-0.1, -0.05) is 0 Å². The molecule has 0 bridgehead atoms. The number of hydrogen-bond donors (Lipinski definition) is 2. The molecule has 0 amide bonds. The van der Waals surface area contributed by atoms with Crippen LogP contribution in [0.5, 0.6) is 0 Å². The minimum atomic E-state index is -2.96. The van der Waals surface area contributed by atoms with Crippen LogP contribution in [0.3, 0.4) is 0 Å². The number of hydrogen-bond acceptors (Lipinski definition) is 5. The van der Waals surface area contributed by atoms with E-state index in [2.05, 4.69) is 4.98 Å². The van der Waals surface area contributed by atoms with E-state index in [0.717, 1.165) is 6.07 Å². The lowest BCUT2D eigenvalue weighted by atomic mass is 10.2. The molecule has 0 aliphatic rings. The molecule has 0 saturated carbocycles. The zero-order valence-electron chi connectivity index (χ0n) is 6.78. The number of nitrogens with two attached hydrogens (primary N) is 2. The van der Waals surface area contributed by atoms with E-state index in [9.17, 15) is 18.9 Å². The number of nitrogens with zero attached hydrogens (tertiary/aromatic N) is 2. The molecule has 0 fully saturated rings. The summed E-state index contributed by atoms with van der Waals surface area (Å²) in [7, 11) is 0. The van der Waals surface area contributed by atoms with E-state index in [1.165, 1.54) is 0 Å². The summed E-state index contributed by atoms with van der Waals surface area (Å²) in [6.45, 7) is 0. The van der Waals surface area contributed by atoms with Crippen LogP contribution in [0.25, 0.3) is 0 Å². The molecule has 1 heterocycles. The molecule has 8 heteroatoms. The Kier molecular flexibility index (Phi) is 2.45. The van der Waals surface area contributed by atoms with Gasteiger partial charge in [0.2, 0.25) is 5.69 Å². The minimum absolute atomic E-state index is 0.336. The van der Waals surface area contributed by atoms with Crippen LogP contribution < -0.4 is 11.5 Å². The molecule has 6 nitrogen and oxygen atoms in total. The Labute approximate surface area is 76.7 Å². The number of anilines is 2. The van der Waals surface area contributed by atoms with Gasteiger partial charge in [0.1, 0.15) is 5.69 Å². The predicted molar refractivity (Wildman–Crippen MR) is 44.7 cm³/mol. The van der Waals surface area contributed by atoms with Gasteiger partial charge in [0.15, 0.2) is 0 Å². The van der Waals surface area contributed by atoms with Gasteiger partial charge < -0.3 is 21.6 Å². The third kappa shape index (κ3) is 1.68. The van der Waals surface area contributed by atoms with Gasteiger partial charge in [-0.2, -0.15) is 0 Å². The van der Waals surface area contributed by atoms with Crippen LogP contribution in [0.4, 0.5) is 26.0 Å². The molecule has 0 radical (unpaired) electrons. The fourth-order valence-corrected chi connectivity index (χ4v) is 0.870. The third-order valence-corrected chi connectivity index (χ3v) is 1.47. The van der Waals surface area contributed by atoms with Crippen molar-refractivity contribution in [2.45, 2.75) is 6.43 Å². The van der Waals surface area contributed by atoms with Crippen molar-refractivity contribution in [2.24, 2.45) is 0 Å². The van der Waals surface area contributed by atoms with Crippen molar-refractivity contribution in [3.8, 4) is 0 Å². The first-order chi connectivity index (χ1) is 6.43. The highest BCUT2D eigenvalue weighted by Gasteiger charge is 2.24. The highest BCUT2D eigenvalue weighted by molar-refractivity contribution is 5.62. The molecule has 1 aromatic rings. The lowest BCUT2D eigenvalue weighted by Gasteiger charge is -2.01. The van der Waals surface area contributed by atoms with Gasteiger partial charge in [0.25, 0.3) is 0 Å². The maximum Gasteiger partial charge on any atom is 0.387 e. The molecule has 0 spiro atoms. The SMILES string of the molecule is Nc1cc(N)c([N+](=O)[O-])nc1C(F)F. The first-order valence-electron chi connectivity index (χ1n) is 3.42. The highest BCUT2D eigenvalue weighted by Crippen LogP contribution is 2.29. The van der Waals surface area contributed by atoms with E-state index < -0.39 is 22.9 Å². The monoisotopic (exact) mass is 204 g/mol. The molecule has 14 heavy (non-hydrogen) atoms. The van der Waals surface area contributed by atoms with Crippen molar-refractivity contribution < 1.29 is 13.7 Å². The average molecular weight is 204 g/mol. The van der Waals surface area contributed by atoms with Gasteiger partial charge in [-0.05, 0) is 16.0 Å². The number of nitrogen functional groups attached to an aromatic ring is 2. The number of halogens is 2. The molecule has 1 rings (SSSR count). The molecule has 76 valence electrons. The summed E-state index contributed by atoms with van der Waals surface area (Å²) < 4.78 is 24.4. The van der Waals surface area contributed by atoms with Gasteiger partial charge >= 0.3 is 12.2 Å². The van der Waals surface area contributed by atoms with Crippen LogP contribution in [0.15, 0.2) is 6.07 Å². The molecule has 0 atom stereocenters. The van der Waals surface area contributed by atoms with Crippen LogP contribution in [0, 0.1) is 10.1 Å². The number of pyridine rings is 1. The van der Waals surface area contributed by atoms with E-state index in [0.29, 0.717) is 0 Å². The number of rotatable bonds is 2. The maximum atomic E-state index is 12.2. The third-order valence-electron chi connectivity index (χ3n) is 1.47. The first kappa shape index (κ1) is 10.1. The van der Waals surface area contributed by atoms with Crippen LogP contribution in [0.1, 0.15) is 12.1 Å². The molecular formula is C6H6F2N4O2. The molecule has 0 aliphatic carbocycles. The molecular weight excluding hydrogens is 198 g/mol. The summed E-state index contributed by atoms with van der Waals surface area (Å²) in [5.74, 6) is -0.811. The Morgan fingerprint density at radius 2 is 2.00 bits per heavy atom. The number of nitro groups is 1. The smallest absolute Gasteiger partial charge is 0.387 e. The van der Waals surface area contributed by atoms with Crippen molar-refractivity contribution in [2.75, 3.05) is 11.5 Å². The Balaban J connectivity index is 3.34. The topological polar surface area (TPSA) is 108 Å². The number of aromatic nitrogens is 1. The Morgan fingerprint density at radius 1 is 1.43 bits per heavy atom. The van der Waals surface area contributed by atoms with Crippen molar-refractivity contribution in [3.63, 3.8) is 0 Å². The second kappa shape index (κ2) is 3.40. The summed E-state index contributed by atoms with van der Waals surface area (Å²) in [6, 6.07) is 0.895. The zero-order valence-corrected chi connectivity index (χ0v) is 6.78.